The summed E-state index contributed by atoms with van der Waals surface area (Å²) in [5.41, 5.74) is 4.30. The fraction of sp³-hybridized carbons (Fsp3) is 0.238. The topological polar surface area (TPSA) is 105 Å². The quantitative estimate of drug-likeness (QED) is 0.686. The number of halogens is 1. The highest BCUT2D eigenvalue weighted by molar-refractivity contribution is 6.30. The first-order chi connectivity index (χ1) is 14.3. The summed E-state index contributed by atoms with van der Waals surface area (Å²) in [7, 11) is 0. The zero-order chi connectivity index (χ0) is 21.7. The molecule has 3 rings (SSSR count). The van der Waals surface area contributed by atoms with E-state index in [1.54, 1.807) is 42.5 Å². The van der Waals surface area contributed by atoms with Crippen LogP contribution < -0.4 is 10.7 Å². The molecular formula is C21H20ClN3O5. The summed E-state index contributed by atoms with van der Waals surface area (Å²) in [6.45, 7) is 1.34. The smallest absolute Gasteiger partial charge is 0.311 e. The molecule has 1 fully saturated rings. The standard InChI is InChI=1S/C21H20ClN3O5/c1-13-4-2-5-14(8-13)20(28)24-25-11-15(9-19(25)27)21(29)30-12-18(26)23-17-7-3-6-16(22)10-17/h2-8,10,15H,9,11-12H2,1H3,(H,23,26)(H,24,28)/t15-/m1/s1. The monoisotopic (exact) mass is 429 g/mol. The number of carbonyl (C=O) groups is 4. The van der Waals surface area contributed by atoms with Gasteiger partial charge in [-0.1, -0.05) is 35.4 Å². The Labute approximate surface area is 178 Å². The fourth-order valence-corrected chi connectivity index (χ4v) is 3.16. The minimum absolute atomic E-state index is 0.0227. The first-order valence-electron chi connectivity index (χ1n) is 9.22. The van der Waals surface area contributed by atoms with Crippen molar-refractivity contribution in [1.29, 1.82) is 0 Å². The lowest BCUT2D eigenvalue weighted by Crippen LogP contribution is -2.43. The van der Waals surface area contributed by atoms with Crippen LogP contribution in [0.5, 0.6) is 0 Å². The Morgan fingerprint density at radius 1 is 1.17 bits per heavy atom. The van der Waals surface area contributed by atoms with Gasteiger partial charge in [-0.25, -0.2) is 0 Å². The van der Waals surface area contributed by atoms with Crippen molar-refractivity contribution in [2.24, 2.45) is 5.92 Å². The molecule has 2 N–H and O–H groups in total. The van der Waals surface area contributed by atoms with Crippen LogP contribution in [0.2, 0.25) is 5.02 Å². The number of aryl methyl sites for hydroxylation is 1. The van der Waals surface area contributed by atoms with Gasteiger partial charge in [0.25, 0.3) is 11.8 Å². The molecule has 30 heavy (non-hydrogen) atoms. The average molecular weight is 430 g/mol. The third-order valence-corrected chi connectivity index (χ3v) is 4.66. The molecule has 8 nitrogen and oxygen atoms in total. The van der Waals surface area contributed by atoms with Crippen LogP contribution in [0.15, 0.2) is 48.5 Å². The molecule has 1 atom stereocenters. The van der Waals surface area contributed by atoms with Gasteiger partial charge in [-0.15, -0.1) is 0 Å². The van der Waals surface area contributed by atoms with E-state index in [0.717, 1.165) is 10.6 Å². The highest BCUT2D eigenvalue weighted by Gasteiger charge is 2.36. The Kier molecular flexibility index (Phi) is 6.68. The molecule has 1 heterocycles. The van der Waals surface area contributed by atoms with Crippen molar-refractivity contribution in [2.45, 2.75) is 13.3 Å². The number of nitrogens with zero attached hydrogens (tertiary/aromatic N) is 1. The lowest BCUT2D eigenvalue weighted by Gasteiger charge is -2.17. The Balaban J connectivity index is 1.48. The highest BCUT2D eigenvalue weighted by Crippen LogP contribution is 2.18. The second-order valence-electron chi connectivity index (χ2n) is 6.88. The molecule has 1 aliphatic heterocycles. The van der Waals surface area contributed by atoms with Gasteiger partial charge in [0.15, 0.2) is 6.61 Å². The molecule has 0 aliphatic carbocycles. The van der Waals surface area contributed by atoms with Crippen LogP contribution >= 0.6 is 11.6 Å². The van der Waals surface area contributed by atoms with Crippen LogP contribution in [0.3, 0.4) is 0 Å². The van der Waals surface area contributed by atoms with Crippen LogP contribution in [0.1, 0.15) is 22.3 Å². The second-order valence-corrected chi connectivity index (χ2v) is 7.32. The minimum Gasteiger partial charge on any atom is -0.455 e. The van der Waals surface area contributed by atoms with Gasteiger partial charge in [0.05, 0.1) is 12.5 Å². The molecule has 0 unspecified atom stereocenters. The van der Waals surface area contributed by atoms with E-state index in [1.165, 1.54) is 0 Å². The van der Waals surface area contributed by atoms with Gasteiger partial charge in [-0.2, -0.15) is 0 Å². The third-order valence-electron chi connectivity index (χ3n) is 4.43. The SMILES string of the molecule is Cc1cccc(C(=O)NN2C[C@H](C(=O)OCC(=O)Nc3cccc(Cl)c3)CC2=O)c1. The molecular weight excluding hydrogens is 410 g/mol. The van der Waals surface area contributed by atoms with Crippen molar-refractivity contribution in [3.8, 4) is 0 Å². The molecule has 0 radical (unpaired) electrons. The lowest BCUT2D eigenvalue weighted by molar-refractivity contribution is -0.151. The Morgan fingerprint density at radius 2 is 1.93 bits per heavy atom. The number of carbonyl (C=O) groups excluding carboxylic acids is 4. The molecule has 2 aromatic carbocycles. The minimum atomic E-state index is -0.769. The van der Waals surface area contributed by atoms with Gasteiger partial charge in [-0.05, 0) is 37.3 Å². The number of benzene rings is 2. The van der Waals surface area contributed by atoms with E-state index in [2.05, 4.69) is 10.7 Å². The number of hydrogen-bond donors (Lipinski definition) is 2. The van der Waals surface area contributed by atoms with Crippen LogP contribution in [-0.4, -0.2) is 41.9 Å². The first kappa shape index (κ1) is 21.3. The molecule has 1 saturated heterocycles. The third kappa shape index (κ3) is 5.57. The predicted octanol–water partition coefficient (Wildman–Crippen LogP) is 2.32. The Morgan fingerprint density at radius 3 is 2.67 bits per heavy atom. The maximum Gasteiger partial charge on any atom is 0.311 e. The van der Waals surface area contributed by atoms with E-state index in [0.29, 0.717) is 16.3 Å². The number of rotatable bonds is 6. The fourth-order valence-electron chi connectivity index (χ4n) is 2.96. The number of amides is 3. The van der Waals surface area contributed by atoms with E-state index in [4.69, 9.17) is 16.3 Å². The summed E-state index contributed by atoms with van der Waals surface area (Å²) < 4.78 is 5.02. The molecule has 1 aliphatic rings. The van der Waals surface area contributed by atoms with Crippen LogP contribution in [0.25, 0.3) is 0 Å². The highest BCUT2D eigenvalue weighted by atomic mass is 35.5. The number of ether oxygens (including phenoxy) is 1. The van der Waals surface area contributed by atoms with Crippen LogP contribution in [0, 0.1) is 12.8 Å². The average Bonchev–Trinajstić information content (AvgIpc) is 3.06. The van der Waals surface area contributed by atoms with Gasteiger partial charge in [0.1, 0.15) is 0 Å². The van der Waals surface area contributed by atoms with Gasteiger partial charge in [0.2, 0.25) is 5.91 Å². The summed E-state index contributed by atoms with van der Waals surface area (Å²) in [6.07, 6.45) is -0.108. The molecule has 9 heteroatoms. The maximum atomic E-state index is 12.3. The largest absolute Gasteiger partial charge is 0.455 e. The number of anilines is 1. The Hall–Kier alpha value is -3.39. The summed E-state index contributed by atoms with van der Waals surface area (Å²) >= 11 is 5.85. The van der Waals surface area contributed by atoms with Crippen molar-refractivity contribution in [1.82, 2.24) is 10.4 Å². The summed E-state index contributed by atoms with van der Waals surface area (Å²) in [6, 6.07) is 13.5. The molecule has 0 bridgehead atoms. The van der Waals surface area contributed by atoms with Gasteiger partial charge in [0, 0.05) is 22.7 Å². The van der Waals surface area contributed by atoms with Gasteiger partial charge < -0.3 is 10.1 Å². The lowest BCUT2D eigenvalue weighted by atomic mass is 10.1. The zero-order valence-corrected chi connectivity index (χ0v) is 16.9. The van der Waals surface area contributed by atoms with Gasteiger partial charge in [-0.3, -0.25) is 29.6 Å². The summed E-state index contributed by atoms with van der Waals surface area (Å²) in [5, 5.41) is 4.12. The van der Waals surface area contributed by atoms with Crippen LogP contribution in [-0.2, 0) is 19.1 Å². The van der Waals surface area contributed by atoms with Crippen molar-refractivity contribution in [2.75, 3.05) is 18.5 Å². The van der Waals surface area contributed by atoms with E-state index < -0.39 is 36.2 Å². The maximum absolute atomic E-state index is 12.3. The molecule has 0 aromatic heterocycles. The predicted molar refractivity (Wildman–Crippen MR) is 110 cm³/mol. The molecule has 0 saturated carbocycles. The van der Waals surface area contributed by atoms with E-state index in [-0.39, 0.29) is 13.0 Å². The summed E-state index contributed by atoms with van der Waals surface area (Å²) in [4.78, 5) is 48.6. The molecule has 3 amide bonds. The van der Waals surface area contributed by atoms with E-state index in [9.17, 15) is 19.2 Å². The molecule has 0 spiro atoms. The van der Waals surface area contributed by atoms with Crippen LogP contribution in [0.4, 0.5) is 5.69 Å². The van der Waals surface area contributed by atoms with Crippen molar-refractivity contribution in [3.63, 3.8) is 0 Å². The van der Waals surface area contributed by atoms with Crippen molar-refractivity contribution in [3.05, 3.63) is 64.7 Å². The molecule has 156 valence electrons. The number of hydrogen-bond acceptors (Lipinski definition) is 5. The van der Waals surface area contributed by atoms with Crippen molar-refractivity contribution >= 4 is 41.0 Å². The molecule has 2 aromatic rings. The van der Waals surface area contributed by atoms with Crippen molar-refractivity contribution < 1.29 is 23.9 Å². The second kappa shape index (κ2) is 9.41. The number of hydrazine groups is 1. The van der Waals surface area contributed by atoms with E-state index in [1.807, 2.05) is 13.0 Å². The van der Waals surface area contributed by atoms with Gasteiger partial charge >= 0.3 is 5.97 Å². The number of nitrogens with one attached hydrogen (secondary N) is 2. The number of esters is 1. The normalized spacial score (nSPS) is 15.6. The van der Waals surface area contributed by atoms with E-state index >= 15 is 0 Å². The Bertz CT molecular complexity index is 994. The zero-order valence-electron chi connectivity index (χ0n) is 16.2. The summed E-state index contributed by atoms with van der Waals surface area (Å²) in [5.74, 6) is -2.82. The first-order valence-corrected chi connectivity index (χ1v) is 9.59.